The van der Waals surface area contributed by atoms with Crippen LogP contribution < -0.4 is 9.47 Å². The molecule has 41 heavy (non-hydrogen) atoms. The van der Waals surface area contributed by atoms with Gasteiger partial charge in [-0.1, -0.05) is 48.5 Å². The lowest BCUT2D eigenvalue weighted by molar-refractivity contribution is -0.384. The van der Waals surface area contributed by atoms with Crippen molar-refractivity contribution in [2.75, 3.05) is 26.4 Å². The minimum absolute atomic E-state index is 0.0432. The van der Waals surface area contributed by atoms with Crippen LogP contribution in [0.15, 0.2) is 101 Å². The van der Waals surface area contributed by atoms with Gasteiger partial charge >= 0.3 is 11.9 Å². The van der Waals surface area contributed by atoms with Gasteiger partial charge in [0.1, 0.15) is 43.8 Å². The second-order valence-electron chi connectivity index (χ2n) is 9.19. The molecule has 10 nitrogen and oxygen atoms in total. The van der Waals surface area contributed by atoms with Gasteiger partial charge in [0.2, 0.25) is 0 Å². The number of aliphatic imine (C=N–C) groups is 1. The molecular formula is C31H30N2O8. The number of para-hydroxylation sites is 2. The Morgan fingerprint density at radius 3 is 1.98 bits per heavy atom. The molecule has 0 spiro atoms. The van der Waals surface area contributed by atoms with Gasteiger partial charge in [-0.3, -0.25) is 19.9 Å². The number of benzene rings is 3. The standard InChI is InChI=1S/C31H30N2O8/c1-21-27(30(34)40-18-16-38-25-12-5-3-6-13-25)29(23-10-9-11-24(20-23)33(36)37)28(22(2)32-21)31(35)41-19-17-39-26-14-7-4-8-15-26/h3-15,20,27,29H,16-19H2,1-2H3. The second-order valence-corrected chi connectivity index (χ2v) is 9.19. The zero-order valence-electron chi connectivity index (χ0n) is 22.7. The van der Waals surface area contributed by atoms with Crippen molar-refractivity contribution in [3.05, 3.63) is 112 Å². The Kier molecular flexibility index (Phi) is 9.82. The average Bonchev–Trinajstić information content (AvgIpc) is 2.98. The molecule has 3 aromatic carbocycles. The predicted octanol–water partition coefficient (Wildman–Crippen LogP) is 5.29. The highest BCUT2D eigenvalue weighted by atomic mass is 16.6. The fourth-order valence-electron chi connectivity index (χ4n) is 4.60. The van der Waals surface area contributed by atoms with Crippen LogP contribution >= 0.6 is 0 Å². The lowest BCUT2D eigenvalue weighted by Crippen LogP contribution is -2.37. The van der Waals surface area contributed by atoms with Gasteiger partial charge in [0, 0.05) is 29.5 Å². The van der Waals surface area contributed by atoms with Gasteiger partial charge in [-0.2, -0.15) is 0 Å². The number of esters is 2. The smallest absolute Gasteiger partial charge is 0.336 e. The SMILES string of the molecule is CC1=NC(C)=C(C(=O)OCCOc2ccccc2)C(c2cccc([N+](=O)[O-])c2)C1C(=O)OCCOc1ccccc1. The Morgan fingerprint density at radius 2 is 1.39 bits per heavy atom. The number of carbonyl (C=O) groups excluding carboxylic acids is 2. The van der Waals surface area contributed by atoms with Crippen molar-refractivity contribution in [2.24, 2.45) is 10.9 Å². The molecule has 0 N–H and O–H groups in total. The van der Waals surface area contributed by atoms with Crippen LogP contribution in [0.1, 0.15) is 25.3 Å². The predicted molar refractivity (Wildman–Crippen MR) is 151 cm³/mol. The molecule has 3 aromatic rings. The molecule has 0 saturated heterocycles. The Balaban J connectivity index is 1.53. The summed E-state index contributed by atoms with van der Waals surface area (Å²) < 4.78 is 22.3. The fraction of sp³-hybridized carbons (Fsp3) is 0.258. The summed E-state index contributed by atoms with van der Waals surface area (Å²) in [7, 11) is 0. The number of nitro groups is 1. The van der Waals surface area contributed by atoms with Crippen LogP contribution in [0.4, 0.5) is 5.69 Å². The first kappa shape index (κ1) is 29.0. The van der Waals surface area contributed by atoms with Crippen LogP contribution in [-0.2, 0) is 19.1 Å². The lowest BCUT2D eigenvalue weighted by atomic mass is 9.75. The topological polar surface area (TPSA) is 127 Å². The number of nitro benzene ring substituents is 1. The summed E-state index contributed by atoms with van der Waals surface area (Å²) in [5, 5.41) is 11.5. The van der Waals surface area contributed by atoms with Crippen LogP contribution in [0.2, 0.25) is 0 Å². The lowest BCUT2D eigenvalue weighted by Gasteiger charge is -2.31. The maximum atomic E-state index is 13.4. The zero-order chi connectivity index (χ0) is 29.2. The van der Waals surface area contributed by atoms with E-state index in [0.29, 0.717) is 28.5 Å². The maximum absolute atomic E-state index is 13.4. The van der Waals surface area contributed by atoms with E-state index in [2.05, 4.69) is 4.99 Å². The van der Waals surface area contributed by atoms with Crippen LogP contribution in [0, 0.1) is 16.0 Å². The van der Waals surface area contributed by atoms with E-state index in [1.807, 2.05) is 36.4 Å². The summed E-state index contributed by atoms with van der Waals surface area (Å²) in [6.07, 6.45) is 0. The van der Waals surface area contributed by atoms with E-state index in [1.165, 1.54) is 18.2 Å². The molecule has 212 valence electrons. The molecule has 1 heterocycles. The molecule has 1 aliphatic rings. The van der Waals surface area contributed by atoms with Crippen molar-refractivity contribution < 1.29 is 33.5 Å². The van der Waals surface area contributed by atoms with Crippen LogP contribution in [-0.4, -0.2) is 49.0 Å². The highest BCUT2D eigenvalue weighted by Crippen LogP contribution is 2.41. The van der Waals surface area contributed by atoms with Crippen molar-refractivity contribution in [2.45, 2.75) is 19.8 Å². The third-order valence-electron chi connectivity index (χ3n) is 6.41. The maximum Gasteiger partial charge on any atom is 0.336 e. The normalized spacial score (nSPS) is 16.4. The Morgan fingerprint density at radius 1 is 0.805 bits per heavy atom. The minimum atomic E-state index is -1.01. The molecule has 10 heteroatoms. The molecule has 1 aliphatic heterocycles. The zero-order valence-corrected chi connectivity index (χ0v) is 22.7. The summed E-state index contributed by atoms with van der Waals surface area (Å²) >= 11 is 0. The van der Waals surface area contributed by atoms with E-state index in [-0.39, 0.29) is 37.7 Å². The summed E-state index contributed by atoms with van der Waals surface area (Å²) in [5.74, 6) is -2.00. The Hall–Kier alpha value is -4.99. The molecular weight excluding hydrogens is 528 g/mol. The summed E-state index contributed by atoms with van der Waals surface area (Å²) in [6.45, 7) is 3.43. The molecule has 2 unspecified atom stereocenters. The molecule has 0 aromatic heterocycles. The summed E-state index contributed by atoms with van der Waals surface area (Å²) in [5.41, 5.74) is 1.11. The van der Waals surface area contributed by atoms with Gasteiger partial charge in [0.15, 0.2) is 0 Å². The summed E-state index contributed by atoms with van der Waals surface area (Å²) in [4.78, 5) is 42.3. The monoisotopic (exact) mass is 558 g/mol. The largest absolute Gasteiger partial charge is 0.490 e. The number of hydrogen-bond acceptors (Lipinski definition) is 9. The van der Waals surface area contributed by atoms with Crippen LogP contribution in [0.5, 0.6) is 11.5 Å². The number of nitrogens with zero attached hydrogens (tertiary/aromatic N) is 2. The molecule has 0 radical (unpaired) electrons. The third kappa shape index (κ3) is 7.57. The highest BCUT2D eigenvalue weighted by Gasteiger charge is 2.43. The summed E-state index contributed by atoms with van der Waals surface area (Å²) in [6, 6.07) is 24.0. The van der Waals surface area contributed by atoms with E-state index < -0.39 is 28.7 Å². The van der Waals surface area contributed by atoms with E-state index in [9.17, 15) is 19.7 Å². The first-order valence-corrected chi connectivity index (χ1v) is 13.0. The van der Waals surface area contributed by atoms with Crippen molar-refractivity contribution in [3.63, 3.8) is 0 Å². The molecule has 0 bridgehead atoms. The van der Waals surface area contributed by atoms with Crippen LogP contribution in [0.3, 0.4) is 0 Å². The van der Waals surface area contributed by atoms with E-state index >= 15 is 0 Å². The molecule has 0 amide bonds. The van der Waals surface area contributed by atoms with Crippen molar-refractivity contribution >= 4 is 23.3 Å². The van der Waals surface area contributed by atoms with Crippen molar-refractivity contribution in [3.8, 4) is 11.5 Å². The van der Waals surface area contributed by atoms with Gasteiger partial charge in [0.25, 0.3) is 5.69 Å². The first-order valence-electron chi connectivity index (χ1n) is 13.0. The van der Waals surface area contributed by atoms with E-state index in [0.717, 1.165) is 0 Å². The number of hydrogen-bond donors (Lipinski definition) is 0. The number of rotatable bonds is 12. The van der Waals surface area contributed by atoms with E-state index in [1.54, 1.807) is 44.2 Å². The van der Waals surface area contributed by atoms with Gasteiger partial charge < -0.3 is 18.9 Å². The van der Waals surface area contributed by atoms with Gasteiger partial charge in [-0.05, 0) is 43.7 Å². The second kappa shape index (κ2) is 13.9. The van der Waals surface area contributed by atoms with Gasteiger partial charge in [-0.25, -0.2) is 4.79 Å². The minimum Gasteiger partial charge on any atom is -0.490 e. The molecule has 0 aliphatic carbocycles. The molecule has 2 atom stereocenters. The number of allylic oxidation sites excluding steroid dienone is 1. The Bertz CT molecular complexity index is 1440. The molecule has 0 fully saturated rings. The van der Waals surface area contributed by atoms with Crippen molar-refractivity contribution in [1.29, 1.82) is 0 Å². The first-order chi connectivity index (χ1) is 19.8. The fourth-order valence-corrected chi connectivity index (χ4v) is 4.60. The average molecular weight is 559 g/mol. The number of ether oxygens (including phenoxy) is 4. The number of non-ortho nitro benzene ring substituents is 1. The van der Waals surface area contributed by atoms with E-state index in [4.69, 9.17) is 18.9 Å². The van der Waals surface area contributed by atoms with Gasteiger partial charge in [0.05, 0.1) is 10.5 Å². The van der Waals surface area contributed by atoms with Crippen LogP contribution in [0.25, 0.3) is 0 Å². The third-order valence-corrected chi connectivity index (χ3v) is 6.41. The molecule has 4 rings (SSSR count). The van der Waals surface area contributed by atoms with Gasteiger partial charge in [-0.15, -0.1) is 0 Å². The molecule has 0 saturated carbocycles. The quantitative estimate of drug-likeness (QED) is 0.127. The van der Waals surface area contributed by atoms with Crippen molar-refractivity contribution in [1.82, 2.24) is 0 Å². The Labute approximate surface area is 237 Å². The number of carbonyl (C=O) groups is 2. The highest BCUT2D eigenvalue weighted by molar-refractivity contribution is 6.07.